The third-order valence-corrected chi connectivity index (χ3v) is 4.39. The Morgan fingerprint density at radius 3 is 2.29 bits per heavy atom. The van der Waals surface area contributed by atoms with Crippen molar-refractivity contribution in [3.63, 3.8) is 0 Å². The topological polar surface area (TPSA) is 30.5 Å². The summed E-state index contributed by atoms with van der Waals surface area (Å²) < 4.78 is 11.4. The second kappa shape index (κ2) is 8.62. The first-order valence-corrected chi connectivity index (χ1v) is 8.76. The molecule has 0 spiro atoms. The summed E-state index contributed by atoms with van der Waals surface area (Å²) in [6.45, 7) is 10.7. The van der Waals surface area contributed by atoms with Gasteiger partial charge >= 0.3 is 0 Å². The maximum absolute atomic E-state index is 5.83. The number of benzene rings is 2. The standard InChI is InChI=1S/C21H29NO2/c1-5-21(3,4)17-11-13-18(14-12-17)24-16-15-22-19-9-7-8-10-20(19)23-6-2/h7-14,22H,5-6,15-16H2,1-4H3. The highest BCUT2D eigenvalue weighted by atomic mass is 16.5. The van der Waals surface area contributed by atoms with Crippen molar-refractivity contribution in [2.24, 2.45) is 0 Å². The molecule has 3 nitrogen and oxygen atoms in total. The van der Waals surface area contributed by atoms with Crippen LogP contribution in [0.25, 0.3) is 0 Å². The minimum atomic E-state index is 0.211. The molecular weight excluding hydrogens is 298 g/mol. The lowest BCUT2D eigenvalue weighted by atomic mass is 9.82. The first-order chi connectivity index (χ1) is 11.6. The number of hydrogen-bond acceptors (Lipinski definition) is 3. The largest absolute Gasteiger partial charge is 0.492 e. The Morgan fingerprint density at radius 1 is 0.917 bits per heavy atom. The van der Waals surface area contributed by atoms with Gasteiger partial charge in [-0.2, -0.15) is 0 Å². The van der Waals surface area contributed by atoms with Gasteiger partial charge in [-0.3, -0.25) is 0 Å². The average molecular weight is 327 g/mol. The highest BCUT2D eigenvalue weighted by Crippen LogP contribution is 2.28. The molecule has 2 rings (SSSR count). The molecule has 130 valence electrons. The molecule has 3 heteroatoms. The number of nitrogens with one attached hydrogen (secondary N) is 1. The maximum Gasteiger partial charge on any atom is 0.142 e. The normalized spacial score (nSPS) is 11.2. The van der Waals surface area contributed by atoms with E-state index in [2.05, 4.69) is 50.4 Å². The van der Waals surface area contributed by atoms with E-state index in [1.807, 2.05) is 31.2 Å². The molecule has 0 aromatic heterocycles. The second-order valence-electron chi connectivity index (χ2n) is 6.47. The first kappa shape index (κ1) is 18.2. The molecule has 0 aliphatic heterocycles. The molecule has 0 atom stereocenters. The molecule has 0 unspecified atom stereocenters. The Hall–Kier alpha value is -2.16. The van der Waals surface area contributed by atoms with Gasteiger partial charge in [-0.25, -0.2) is 0 Å². The zero-order chi connectivity index (χ0) is 17.4. The summed E-state index contributed by atoms with van der Waals surface area (Å²) in [5, 5.41) is 3.36. The van der Waals surface area contributed by atoms with Crippen LogP contribution < -0.4 is 14.8 Å². The fourth-order valence-electron chi connectivity index (χ4n) is 2.46. The van der Waals surface area contributed by atoms with Crippen molar-refractivity contribution < 1.29 is 9.47 Å². The molecule has 2 aromatic rings. The highest BCUT2D eigenvalue weighted by molar-refractivity contribution is 5.56. The van der Waals surface area contributed by atoms with E-state index in [-0.39, 0.29) is 5.41 Å². The van der Waals surface area contributed by atoms with Gasteiger partial charge in [0.1, 0.15) is 18.1 Å². The summed E-state index contributed by atoms with van der Waals surface area (Å²) in [6.07, 6.45) is 1.12. The summed E-state index contributed by atoms with van der Waals surface area (Å²) in [4.78, 5) is 0. The molecule has 24 heavy (non-hydrogen) atoms. The highest BCUT2D eigenvalue weighted by Gasteiger charge is 2.17. The van der Waals surface area contributed by atoms with Crippen LogP contribution in [0.4, 0.5) is 5.69 Å². The van der Waals surface area contributed by atoms with Crippen LogP contribution in [0.2, 0.25) is 0 Å². The average Bonchev–Trinajstić information content (AvgIpc) is 2.60. The molecule has 0 aliphatic carbocycles. The van der Waals surface area contributed by atoms with Crippen LogP contribution in [-0.4, -0.2) is 19.8 Å². The molecule has 0 saturated heterocycles. The van der Waals surface area contributed by atoms with Gasteiger partial charge < -0.3 is 14.8 Å². The second-order valence-corrected chi connectivity index (χ2v) is 6.47. The molecule has 0 heterocycles. The monoisotopic (exact) mass is 327 g/mol. The molecule has 2 aromatic carbocycles. The van der Waals surface area contributed by atoms with Gasteiger partial charge in [0.2, 0.25) is 0 Å². The Balaban J connectivity index is 1.83. The van der Waals surface area contributed by atoms with E-state index < -0.39 is 0 Å². The van der Waals surface area contributed by atoms with Gasteiger partial charge in [-0.15, -0.1) is 0 Å². The third-order valence-electron chi connectivity index (χ3n) is 4.39. The number of anilines is 1. The van der Waals surface area contributed by atoms with E-state index in [0.717, 1.165) is 30.2 Å². The Bertz CT molecular complexity index is 620. The molecule has 0 fully saturated rings. The van der Waals surface area contributed by atoms with Gasteiger partial charge in [0.25, 0.3) is 0 Å². The number of ether oxygens (including phenoxy) is 2. The van der Waals surface area contributed by atoms with Crippen molar-refractivity contribution in [3.05, 3.63) is 54.1 Å². The SMILES string of the molecule is CCOc1ccccc1NCCOc1ccc(C(C)(C)CC)cc1. The van der Waals surface area contributed by atoms with Crippen molar-refractivity contribution in [1.29, 1.82) is 0 Å². The van der Waals surface area contributed by atoms with Crippen molar-refractivity contribution in [1.82, 2.24) is 0 Å². The fourth-order valence-corrected chi connectivity index (χ4v) is 2.46. The Morgan fingerprint density at radius 2 is 1.62 bits per heavy atom. The summed E-state index contributed by atoms with van der Waals surface area (Å²) in [5.74, 6) is 1.79. The lowest BCUT2D eigenvalue weighted by molar-refractivity contribution is 0.330. The summed E-state index contributed by atoms with van der Waals surface area (Å²) >= 11 is 0. The van der Waals surface area contributed by atoms with Gasteiger partial charge in [0, 0.05) is 6.54 Å². The maximum atomic E-state index is 5.83. The lowest BCUT2D eigenvalue weighted by Crippen LogP contribution is -2.15. The first-order valence-electron chi connectivity index (χ1n) is 8.76. The van der Waals surface area contributed by atoms with E-state index in [1.165, 1.54) is 5.56 Å². The predicted molar refractivity (Wildman–Crippen MR) is 101 cm³/mol. The number of rotatable bonds is 9. The molecule has 0 aliphatic rings. The van der Waals surface area contributed by atoms with E-state index in [4.69, 9.17) is 9.47 Å². The smallest absolute Gasteiger partial charge is 0.142 e. The van der Waals surface area contributed by atoms with Crippen LogP contribution in [0.1, 0.15) is 39.7 Å². The number of para-hydroxylation sites is 2. The summed E-state index contributed by atoms with van der Waals surface area (Å²) in [5.41, 5.74) is 2.56. The Labute approximate surface area is 146 Å². The third kappa shape index (κ3) is 4.92. The van der Waals surface area contributed by atoms with Gasteiger partial charge in [-0.1, -0.05) is 45.0 Å². The minimum absolute atomic E-state index is 0.211. The molecule has 1 N–H and O–H groups in total. The quantitative estimate of drug-likeness (QED) is 0.637. The lowest BCUT2D eigenvalue weighted by Gasteiger charge is -2.23. The van der Waals surface area contributed by atoms with Crippen molar-refractivity contribution in [2.45, 2.75) is 39.5 Å². The van der Waals surface area contributed by atoms with Crippen molar-refractivity contribution in [2.75, 3.05) is 25.1 Å². The van der Waals surface area contributed by atoms with E-state index in [0.29, 0.717) is 13.2 Å². The zero-order valence-electron chi connectivity index (χ0n) is 15.3. The van der Waals surface area contributed by atoms with E-state index in [9.17, 15) is 0 Å². The molecule has 0 radical (unpaired) electrons. The molecule has 0 amide bonds. The van der Waals surface area contributed by atoms with Crippen LogP contribution in [-0.2, 0) is 5.41 Å². The fraction of sp³-hybridized carbons (Fsp3) is 0.429. The zero-order valence-corrected chi connectivity index (χ0v) is 15.3. The van der Waals surface area contributed by atoms with Crippen LogP contribution in [0.15, 0.2) is 48.5 Å². The van der Waals surface area contributed by atoms with E-state index >= 15 is 0 Å². The van der Waals surface area contributed by atoms with Gasteiger partial charge in [0.15, 0.2) is 0 Å². The molecule has 0 bridgehead atoms. The summed E-state index contributed by atoms with van der Waals surface area (Å²) in [6, 6.07) is 16.4. The van der Waals surface area contributed by atoms with E-state index in [1.54, 1.807) is 0 Å². The predicted octanol–water partition coefficient (Wildman–Crippen LogP) is 5.26. The number of hydrogen-bond donors (Lipinski definition) is 1. The van der Waals surface area contributed by atoms with Crippen LogP contribution in [0.5, 0.6) is 11.5 Å². The van der Waals surface area contributed by atoms with Crippen LogP contribution in [0.3, 0.4) is 0 Å². The molecule has 0 saturated carbocycles. The van der Waals surface area contributed by atoms with Crippen LogP contribution in [0, 0.1) is 0 Å². The van der Waals surface area contributed by atoms with Crippen LogP contribution >= 0.6 is 0 Å². The molecular formula is C21H29NO2. The minimum Gasteiger partial charge on any atom is -0.492 e. The summed E-state index contributed by atoms with van der Waals surface area (Å²) in [7, 11) is 0. The van der Waals surface area contributed by atoms with Crippen molar-refractivity contribution >= 4 is 5.69 Å². The van der Waals surface area contributed by atoms with Crippen molar-refractivity contribution in [3.8, 4) is 11.5 Å². The van der Waals surface area contributed by atoms with Gasteiger partial charge in [-0.05, 0) is 48.6 Å². The van der Waals surface area contributed by atoms with Gasteiger partial charge in [0.05, 0.1) is 12.3 Å². The Kier molecular flexibility index (Phi) is 6.53.